The van der Waals surface area contributed by atoms with E-state index in [9.17, 15) is 8.42 Å². The van der Waals surface area contributed by atoms with Crippen molar-refractivity contribution in [3.63, 3.8) is 0 Å². The van der Waals surface area contributed by atoms with Crippen LogP contribution >= 0.6 is 11.3 Å². The van der Waals surface area contributed by atoms with Crippen LogP contribution in [-0.2, 0) is 16.6 Å². The van der Waals surface area contributed by atoms with Crippen molar-refractivity contribution < 1.29 is 22.6 Å². The minimum absolute atomic E-state index is 0.0767. The van der Waals surface area contributed by atoms with Crippen LogP contribution in [0.5, 0.6) is 17.2 Å². The highest BCUT2D eigenvalue weighted by atomic mass is 32.2. The Bertz CT molecular complexity index is 1350. The van der Waals surface area contributed by atoms with Gasteiger partial charge in [-0.3, -0.25) is 4.31 Å². The fourth-order valence-corrected chi connectivity index (χ4v) is 5.68. The number of benzene rings is 3. The zero-order chi connectivity index (χ0) is 24.1. The van der Waals surface area contributed by atoms with Crippen molar-refractivity contribution in [1.29, 1.82) is 0 Å². The standard InChI is InChI=1S/C25H24N2O5S2/c1-30-21-12-10-20(11-13-21)27(34(28,29)22-7-5-4-6-8-22)16-19-17-33-25(26-19)18-9-14-23(31-2)24(15-18)32-3/h4-15,17H,16H2,1-3H3. The van der Waals surface area contributed by atoms with E-state index >= 15 is 0 Å². The molecule has 0 saturated carbocycles. The van der Waals surface area contributed by atoms with Crippen LogP contribution in [0.4, 0.5) is 5.69 Å². The molecular weight excluding hydrogens is 472 g/mol. The summed E-state index contributed by atoms with van der Waals surface area (Å²) in [7, 11) is 0.904. The third-order valence-electron chi connectivity index (χ3n) is 5.18. The highest BCUT2D eigenvalue weighted by Gasteiger charge is 2.26. The number of nitrogens with zero attached hydrogens (tertiary/aromatic N) is 2. The van der Waals surface area contributed by atoms with Crippen molar-refractivity contribution in [2.75, 3.05) is 25.6 Å². The van der Waals surface area contributed by atoms with Crippen molar-refractivity contribution in [1.82, 2.24) is 4.98 Å². The second-order valence-electron chi connectivity index (χ2n) is 7.24. The molecule has 7 nitrogen and oxygen atoms in total. The fourth-order valence-electron chi connectivity index (χ4n) is 3.41. The molecule has 176 valence electrons. The summed E-state index contributed by atoms with van der Waals surface area (Å²) in [6.07, 6.45) is 0. The smallest absolute Gasteiger partial charge is 0.264 e. The lowest BCUT2D eigenvalue weighted by Gasteiger charge is -2.24. The van der Waals surface area contributed by atoms with Gasteiger partial charge in [-0.2, -0.15) is 0 Å². The Labute approximate surface area is 203 Å². The van der Waals surface area contributed by atoms with Crippen molar-refractivity contribution in [2.45, 2.75) is 11.4 Å². The molecule has 0 amide bonds. The summed E-state index contributed by atoms with van der Waals surface area (Å²) < 4.78 is 44.4. The number of sulfonamides is 1. The Kier molecular flexibility index (Phi) is 7.04. The second kappa shape index (κ2) is 10.1. The molecular formula is C25H24N2O5S2. The fraction of sp³-hybridized carbons (Fsp3) is 0.160. The predicted octanol–water partition coefficient (Wildman–Crippen LogP) is 5.23. The molecule has 0 aliphatic rings. The number of ether oxygens (including phenoxy) is 3. The summed E-state index contributed by atoms with van der Waals surface area (Å²) >= 11 is 1.44. The molecule has 1 aromatic heterocycles. The Morgan fingerprint density at radius 2 is 1.56 bits per heavy atom. The largest absolute Gasteiger partial charge is 0.497 e. The van der Waals surface area contributed by atoms with Crippen LogP contribution in [-0.4, -0.2) is 34.7 Å². The molecule has 0 unspecified atom stereocenters. The zero-order valence-electron chi connectivity index (χ0n) is 19.0. The third kappa shape index (κ3) is 4.85. The molecule has 4 rings (SSSR count). The number of anilines is 1. The SMILES string of the molecule is COc1ccc(N(Cc2csc(-c3ccc(OC)c(OC)c3)n2)S(=O)(=O)c2ccccc2)cc1. The monoisotopic (exact) mass is 496 g/mol. The van der Waals surface area contributed by atoms with Crippen molar-refractivity contribution in [3.05, 3.63) is 83.9 Å². The molecule has 3 aromatic carbocycles. The zero-order valence-corrected chi connectivity index (χ0v) is 20.6. The summed E-state index contributed by atoms with van der Waals surface area (Å²) in [5, 5.41) is 2.62. The number of rotatable bonds is 9. The molecule has 0 aliphatic heterocycles. The van der Waals surface area contributed by atoms with Crippen molar-refractivity contribution in [3.8, 4) is 27.8 Å². The summed E-state index contributed by atoms with van der Waals surface area (Å²) in [6, 6.07) is 20.8. The molecule has 0 saturated heterocycles. The molecule has 0 atom stereocenters. The Morgan fingerprint density at radius 1 is 0.853 bits per heavy atom. The maximum Gasteiger partial charge on any atom is 0.264 e. The molecule has 0 spiro atoms. The van der Waals surface area contributed by atoms with Crippen LogP contribution in [0.3, 0.4) is 0 Å². The molecule has 34 heavy (non-hydrogen) atoms. The van der Waals surface area contributed by atoms with E-state index < -0.39 is 10.0 Å². The number of methoxy groups -OCH3 is 3. The number of hydrogen-bond acceptors (Lipinski definition) is 7. The third-order valence-corrected chi connectivity index (χ3v) is 7.91. The van der Waals surface area contributed by atoms with Crippen LogP contribution in [0.25, 0.3) is 10.6 Å². The van der Waals surface area contributed by atoms with Gasteiger partial charge in [0.05, 0.1) is 44.2 Å². The highest BCUT2D eigenvalue weighted by molar-refractivity contribution is 7.92. The molecule has 0 radical (unpaired) electrons. The van der Waals surface area contributed by atoms with E-state index in [0.29, 0.717) is 28.6 Å². The van der Waals surface area contributed by atoms with Gasteiger partial charge in [0, 0.05) is 10.9 Å². The summed E-state index contributed by atoms with van der Waals surface area (Å²) in [5.74, 6) is 1.87. The molecule has 0 fully saturated rings. The first-order chi connectivity index (χ1) is 16.5. The lowest BCUT2D eigenvalue weighted by atomic mass is 10.2. The van der Waals surface area contributed by atoms with E-state index in [2.05, 4.69) is 0 Å². The Hall–Kier alpha value is -3.56. The molecule has 4 aromatic rings. The first kappa shape index (κ1) is 23.6. The average Bonchev–Trinajstić information content (AvgIpc) is 3.36. The topological polar surface area (TPSA) is 78.0 Å². The van der Waals surface area contributed by atoms with Crippen LogP contribution in [0.15, 0.2) is 83.1 Å². The van der Waals surface area contributed by atoms with E-state index in [4.69, 9.17) is 19.2 Å². The van der Waals surface area contributed by atoms with Crippen LogP contribution in [0.1, 0.15) is 5.69 Å². The Morgan fingerprint density at radius 3 is 2.21 bits per heavy atom. The minimum Gasteiger partial charge on any atom is -0.497 e. The molecule has 0 bridgehead atoms. The van der Waals surface area contributed by atoms with Crippen molar-refractivity contribution in [2.24, 2.45) is 0 Å². The van der Waals surface area contributed by atoms with Gasteiger partial charge in [-0.1, -0.05) is 18.2 Å². The highest BCUT2D eigenvalue weighted by Crippen LogP contribution is 2.34. The molecule has 0 aliphatic carbocycles. The first-order valence-electron chi connectivity index (χ1n) is 10.3. The van der Waals surface area contributed by atoms with Gasteiger partial charge < -0.3 is 14.2 Å². The number of thiazole rings is 1. The predicted molar refractivity (Wildman–Crippen MR) is 133 cm³/mol. The lowest BCUT2D eigenvalue weighted by Crippen LogP contribution is -2.30. The molecule has 0 N–H and O–H groups in total. The van der Waals surface area contributed by atoms with Gasteiger partial charge in [0.2, 0.25) is 0 Å². The van der Waals surface area contributed by atoms with Crippen LogP contribution in [0.2, 0.25) is 0 Å². The van der Waals surface area contributed by atoms with Gasteiger partial charge in [-0.15, -0.1) is 11.3 Å². The molecule has 9 heteroatoms. The van der Waals surface area contributed by atoms with E-state index in [1.807, 2.05) is 23.6 Å². The van der Waals surface area contributed by atoms with E-state index in [0.717, 1.165) is 10.6 Å². The lowest BCUT2D eigenvalue weighted by molar-refractivity contribution is 0.355. The average molecular weight is 497 g/mol. The summed E-state index contributed by atoms with van der Waals surface area (Å²) in [5.41, 5.74) is 2.01. The van der Waals surface area contributed by atoms with E-state index in [-0.39, 0.29) is 11.4 Å². The summed E-state index contributed by atoms with van der Waals surface area (Å²) in [4.78, 5) is 4.92. The van der Waals surface area contributed by atoms with E-state index in [1.54, 1.807) is 75.9 Å². The quantitative estimate of drug-likeness (QED) is 0.316. The van der Waals surface area contributed by atoms with Crippen LogP contribution < -0.4 is 18.5 Å². The van der Waals surface area contributed by atoms with Gasteiger partial charge in [-0.25, -0.2) is 13.4 Å². The second-order valence-corrected chi connectivity index (χ2v) is 9.96. The first-order valence-corrected chi connectivity index (χ1v) is 12.7. The van der Waals surface area contributed by atoms with E-state index in [1.165, 1.54) is 15.6 Å². The number of hydrogen-bond donors (Lipinski definition) is 0. The van der Waals surface area contributed by atoms with Gasteiger partial charge in [0.1, 0.15) is 10.8 Å². The number of aromatic nitrogens is 1. The van der Waals surface area contributed by atoms with Crippen molar-refractivity contribution >= 4 is 27.0 Å². The Balaban J connectivity index is 1.69. The normalized spacial score (nSPS) is 11.1. The van der Waals surface area contributed by atoms with Gasteiger partial charge in [0.25, 0.3) is 10.0 Å². The maximum absolute atomic E-state index is 13.6. The summed E-state index contributed by atoms with van der Waals surface area (Å²) in [6.45, 7) is 0.0767. The van der Waals surface area contributed by atoms with Gasteiger partial charge in [0.15, 0.2) is 11.5 Å². The van der Waals surface area contributed by atoms with Gasteiger partial charge in [-0.05, 0) is 54.6 Å². The minimum atomic E-state index is -3.83. The maximum atomic E-state index is 13.6. The van der Waals surface area contributed by atoms with Crippen LogP contribution in [0, 0.1) is 0 Å². The van der Waals surface area contributed by atoms with Gasteiger partial charge >= 0.3 is 0 Å². The molecule has 1 heterocycles.